The van der Waals surface area contributed by atoms with Crippen molar-refractivity contribution in [2.45, 2.75) is 24.5 Å². The highest BCUT2D eigenvalue weighted by atomic mass is 16.5. The van der Waals surface area contributed by atoms with Crippen molar-refractivity contribution in [3.05, 3.63) is 24.3 Å². The maximum Gasteiger partial charge on any atom is 0.260 e. The summed E-state index contributed by atoms with van der Waals surface area (Å²) in [5.41, 5.74) is -0.114. The summed E-state index contributed by atoms with van der Waals surface area (Å²) in [5.74, 6) is 2.38. The van der Waals surface area contributed by atoms with Crippen LogP contribution in [0.4, 0.5) is 0 Å². The molecule has 1 spiro atoms. The molecule has 3 saturated heterocycles. The molecule has 0 aromatic heterocycles. The monoisotopic (exact) mass is 360 g/mol. The third-order valence-electron chi connectivity index (χ3n) is 6.12. The molecule has 26 heavy (non-hydrogen) atoms. The Morgan fingerprint density at radius 2 is 2.19 bits per heavy atom. The second kappa shape index (κ2) is 6.74. The first kappa shape index (κ1) is 17.6. The van der Waals surface area contributed by atoms with Crippen LogP contribution in [0.2, 0.25) is 0 Å². The molecule has 6 nitrogen and oxygen atoms in total. The lowest BCUT2D eigenvalue weighted by Crippen LogP contribution is -2.40. The van der Waals surface area contributed by atoms with Gasteiger partial charge in [0.1, 0.15) is 11.5 Å². The van der Waals surface area contributed by atoms with E-state index in [2.05, 4.69) is 19.0 Å². The Hall–Kier alpha value is -1.79. The van der Waals surface area contributed by atoms with Gasteiger partial charge in [0.15, 0.2) is 6.61 Å². The van der Waals surface area contributed by atoms with Gasteiger partial charge in [0.2, 0.25) is 0 Å². The van der Waals surface area contributed by atoms with Crippen molar-refractivity contribution in [1.29, 1.82) is 0 Å². The SMILES string of the molecule is COc1cccc(OCC(=O)N2C[C@@H]3[C@H](CN(C)C)[C@H]4CC[C@]3(C2)O4)c1. The molecule has 3 aliphatic rings. The first-order valence-electron chi connectivity index (χ1n) is 9.38. The summed E-state index contributed by atoms with van der Waals surface area (Å²) in [6.45, 7) is 2.57. The predicted molar refractivity (Wildman–Crippen MR) is 97.4 cm³/mol. The van der Waals surface area contributed by atoms with Gasteiger partial charge in [-0.1, -0.05) is 6.07 Å². The molecule has 0 N–H and O–H groups in total. The normalized spacial score (nSPS) is 32.2. The molecule has 6 heteroatoms. The number of carbonyl (C=O) groups is 1. The van der Waals surface area contributed by atoms with Crippen LogP contribution in [0.15, 0.2) is 24.3 Å². The number of carbonyl (C=O) groups excluding carboxylic acids is 1. The van der Waals surface area contributed by atoms with E-state index in [9.17, 15) is 4.79 Å². The molecule has 4 rings (SSSR count). The van der Waals surface area contributed by atoms with Crippen LogP contribution in [0.5, 0.6) is 11.5 Å². The number of amides is 1. The number of fused-ring (bicyclic) bond motifs is 1. The van der Waals surface area contributed by atoms with Crippen LogP contribution in [0.1, 0.15) is 12.8 Å². The molecule has 1 aromatic rings. The molecular formula is C20H28N2O4. The predicted octanol–water partition coefficient (Wildman–Crippen LogP) is 1.64. The van der Waals surface area contributed by atoms with E-state index < -0.39 is 0 Å². The van der Waals surface area contributed by atoms with E-state index in [4.69, 9.17) is 14.2 Å². The fourth-order valence-electron chi connectivity index (χ4n) is 4.97. The van der Waals surface area contributed by atoms with Gasteiger partial charge in [-0.3, -0.25) is 4.79 Å². The Morgan fingerprint density at radius 3 is 2.96 bits per heavy atom. The van der Waals surface area contributed by atoms with Gasteiger partial charge in [0.25, 0.3) is 5.91 Å². The molecule has 3 heterocycles. The molecule has 0 aliphatic carbocycles. The number of hydrogen-bond donors (Lipinski definition) is 0. The minimum Gasteiger partial charge on any atom is -0.497 e. The smallest absolute Gasteiger partial charge is 0.260 e. The highest BCUT2D eigenvalue weighted by Crippen LogP contribution is 2.54. The summed E-state index contributed by atoms with van der Waals surface area (Å²) in [6.07, 6.45) is 2.57. The second-order valence-corrected chi connectivity index (χ2v) is 8.03. The van der Waals surface area contributed by atoms with Crippen LogP contribution in [0.25, 0.3) is 0 Å². The van der Waals surface area contributed by atoms with Crippen molar-refractivity contribution in [3.63, 3.8) is 0 Å². The number of hydrogen-bond acceptors (Lipinski definition) is 5. The van der Waals surface area contributed by atoms with Crippen molar-refractivity contribution in [1.82, 2.24) is 9.80 Å². The maximum atomic E-state index is 12.7. The first-order valence-corrected chi connectivity index (χ1v) is 9.38. The van der Waals surface area contributed by atoms with E-state index in [1.54, 1.807) is 13.2 Å². The van der Waals surface area contributed by atoms with Crippen LogP contribution < -0.4 is 9.47 Å². The Balaban J connectivity index is 1.38. The van der Waals surface area contributed by atoms with Crippen LogP contribution >= 0.6 is 0 Å². The number of ether oxygens (including phenoxy) is 3. The zero-order chi connectivity index (χ0) is 18.3. The van der Waals surface area contributed by atoms with Gasteiger partial charge < -0.3 is 24.0 Å². The maximum absolute atomic E-state index is 12.7. The lowest BCUT2D eigenvalue weighted by atomic mass is 9.73. The topological polar surface area (TPSA) is 51.2 Å². The highest BCUT2D eigenvalue weighted by Gasteiger charge is 2.63. The zero-order valence-electron chi connectivity index (χ0n) is 15.8. The van der Waals surface area contributed by atoms with Gasteiger partial charge in [0, 0.05) is 31.0 Å². The average Bonchev–Trinajstić information content (AvgIpc) is 3.29. The lowest BCUT2D eigenvalue weighted by molar-refractivity contribution is -0.133. The fourth-order valence-corrected chi connectivity index (χ4v) is 4.97. The second-order valence-electron chi connectivity index (χ2n) is 8.03. The van der Waals surface area contributed by atoms with Gasteiger partial charge in [0.05, 0.1) is 25.4 Å². The molecule has 0 saturated carbocycles. The minimum absolute atomic E-state index is 0.0345. The Bertz CT molecular complexity index is 680. The fraction of sp³-hybridized carbons (Fsp3) is 0.650. The third kappa shape index (κ3) is 3.05. The largest absolute Gasteiger partial charge is 0.497 e. The third-order valence-corrected chi connectivity index (χ3v) is 6.12. The van der Waals surface area contributed by atoms with Crippen LogP contribution in [-0.4, -0.2) is 74.9 Å². The summed E-state index contributed by atoms with van der Waals surface area (Å²) < 4.78 is 17.3. The number of likely N-dealkylation sites (tertiary alicyclic amines) is 1. The quantitative estimate of drug-likeness (QED) is 0.772. The molecule has 3 fully saturated rings. The standard InChI is InChI=1S/C20H28N2O4/c1-21(2)10-16-17-11-22(13-20(17)8-7-18(16)26-20)19(23)12-25-15-6-4-5-14(9-15)24-3/h4-6,9,16-18H,7-8,10-13H2,1-3H3/t16-,17+,18+,20+/m0/s1. The van der Waals surface area contributed by atoms with Crippen molar-refractivity contribution < 1.29 is 19.0 Å². The van der Waals surface area contributed by atoms with E-state index in [1.807, 2.05) is 23.1 Å². The van der Waals surface area contributed by atoms with Gasteiger partial charge in [-0.05, 0) is 39.1 Å². The summed E-state index contributed by atoms with van der Waals surface area (Å²) in [6, 6.07) is 7.35. The van der Waals surface area contributed by atoms with Crippen molar-refractivity contribution >= 4 is 5.91 Å². The number of methoxy groups -OCH3 is 1. The minimum atomic E-state index is -0.114. The number of benzene rings is 1. The van der Waals surface area contributed by atoms with Crippen LogP contribution in [0.3, 0.4) is 0 Å². The molecule has 1 aromatic carbocycles. The summed E-state index contributed by atoms with van der Waals surface area (Å²) >= 11 is 0. The molecule has 3 aliphatic heterocycles. The molecule has 1 amide bonds. The van der Waals surface area contributed by atoms with Gasteiger partial charge in [-0.25, -0.2) is 0 Å². The Labute approximate surface area is 155 Å². The first-order chi connectivity index (χ1) is 12.5. The van der Waals surface area contributed by atoms with Crippen molar-refractivity contribution in [3.8, 4) is 11.5 Å². The molecular weight excluding hydrogens is 332 g/mol. The molecule has 0 unspecified atom stereocenters. The molecule has 4 atom stereocenters. The van der Waals surface area contributed by atoms with Gasteiger partial charge in [-0.2, -0.15) is 0 Å². The Morgan fingerprint density at radius 1 is 1.38 bits per heavy atom. The van der Waals surface area contributed by atoms with E-state index in [0.29, 0.717) is 30.2 Å². The van der Waals surface area contributed by atoms with E-state index in [-0.39, 0.29) is 18.1 Å². The summed E-state index contributed by atoms with van der Waals surface area (Å²) in [5, 5.41) is 0. The van der Waals surface area contributed by atoms with E-state index in [0.717, 1.165) is 31.7 Å². The molecule has 0 radical (unpaired) electrons. The van der Waals surface area contributed by atoms with Gasteiger partial charge >= 0.3 is 0 Å². The molecule has 2 bridgehead atoms. The summed E-state index contributed by atoms with van der Waals surface area (Å²) in [4.78, 5) is 16.9. The Kier molecular flexibility index (Phi) is 4.57. The molecule has 142 valence electrons. The number of rotatable bonds is 6. The average molecular weight is 360 g/mol. The van der Waals surface area contributed by atoms with E-state index in [1.165, 1.54) is 0 Å². The lowest BCUT2D eigenvalue weighted by Gasteiger charge is -2.30. The van der Waals surface area contributed by atoms with Crippen molar-refractivity contribution in [2.24, 2.45) is 11.8 Å². The van der Waals surface area contributed by atoms with Gasteiger partial charge in [-0.15, -0.1) is 0 Å². The van der Waals surface area contributed by atoms with Crippen LogP contribution in [0, 0.1) is 11.8 Å². The van der Waals surface area contributed by atoms with Crippen LogP contribution in [-0.2, 0) is 9.53 Å². The highest BCUT2D eigenvalue weighted by molar-refractivity contribution is 5.78. The van der Waals surface area contributed by atoms with E-state index >= 15 is 0 Å². The number of nitrogens with zero attached hydrogens (tertiary/aromatic N) is 2. The summed E-state index contributed by atoms with van der Waals surface area (Å²) in [7, 11) is 5.84. The zero-order valence-corrected chi connectivity index (χ0v) is 15.8. The van der Waals surface area contributed by atoms with Crippen molar-refractivity contribution in [2.75, 3.05) is 47.4 Å².